The van der Waals surface area contributed by atoms with Gasteiger partial charge in [0.25, 0.3) is 0 Å². The van der Waals surface area contributed by atoms with Crippen LogP contribution in [-0.4, -0.2) is 16.3 Å². The summed E-state index contributed by atoms with van der Waals surface area (Å²) in [6.45, 7) is 4.53. The summed E-state index contributed by atoms with van der Waals surface area (Å²) in [6.07, 6.45) is -1.00. The lowest BCUT2D eigenvalue weighted by Crippen LogP contribution is -2.22. The number of nitrogens with zero attached hydrogens (tertiary/aromatic N) is 2. The molecule has 6 heteroatoms. The van der Waals surface area contributed by atoms with Crippen molar-refractivity contribution in [2.75, 3.05) is 6.54 Å². The third kappa shape index (κ3) is 2.68. The molecule has 3 nitrogen and oxygen atoms in total. The molecule has 2 rings (SSSR count). The van der Waals surface area contributed by atoms with Gasteiger partial charge in [-0.1, -0.05) is 6.92 Å². The van der Waals surface area contributed by atoms with Crippen molar-refractivity contribution in [1.29, 1.82) is 0 Å². The van der Waals surface area contributed by atoms with E-state index in [1.807, 2.05) is 13.8 Å². The summed E-state index contributed by atoms with van der Waals surface area (Å²) in [5.41, 5.74) is -0.361. The van der Waals surface area contributed by atoms with Crippen molar-refractivity contribution in [2.24, 2.45) is 5.92 Å². The van der Waals surface area contributed by atoms with Crippen molar-refractivity contribution >= 4 is 0 Å². The largest absolute Gasteiger partial charge is 0.433 e. The van der Waals surface area contributed by atoms with E-state index < -0.39 is 11.9 Å². The Hall–Kier alpha value is -1.04. The highest BCUT2D eigenvalue weighted by Crippen LogP contribution is 2.42. The first kappa shape index (κ1) is 13.4. The zero-order valence-electron chi connectivity index (χ0n) is 10.6. The second-order valence-corrected chi connectivity index (χ2v) is 4.82. The topological polar surface area (TPSA) is 29.9 Å². The van der Waals surface area contributed by atoms with Crippen LogP contribution in [0.15, 0.2) is 6.20 Å². The minimum Gasteiger partial charge on any atom is -0.313 e. The Kier molecular flexibility index (Phi) is 3.66. The van der Waals surface area contributed by atoms with Crippen molar-refractivity contribution in [1.82, 2.24) is 15.1 Å². The average molecular weight is 261 g/mol. The summed E-state index contributed by atoms with van der Waals surface area (Å²) in [5.74, 6) is 0.345. The molecule has 1 unspecified atom stereocenters. The van der Waals surface area contributed by atoms with Crippen LogP contribution in [0, 0.1) is 5.92 Å². The number of halogens is 3. The minimum atomic E-state index is -4.34. The molecule has 1 aromatic rings. The fourth-order valence-electron chi connectivity index (χ4n) is 2.19. The molecule has 0 bridgehead atoms. The van der Waals surface area contributed by atoms with E-state index in [0.29, 0.717) is 12.5 Å². The first-order valence-electron chi connectivity index (χ1n) is 6.29. The van der Waals surface area contributed by atoms with Crippen LogP contribution in [0.25, 0.3) is 0 Å². The van der Waals surface area contributed by atoms with E-state index in [2.05, 4.69) is 10.4 Å². The average Bonchev–Trinajstić information content (AvgIpc) is 3.03. The van der Waals surface area contributed by atoms with E-state index in [1.54, 1.807) is 0 Å². The zero-order valence-corrected chi connectivity index (χ0v) is 10.6. The second kappa shape index (κ2) is 4.91. The van der Waals surface area contributed by atoms with E-state index in [0.717, 1.165) is 17.5 Å². The lowest BCUT2D eigenvalue weighted by atomic mass is 10.2. The monoisotopic (exact) mass is 261 g/mol. The van der Waals surface area contributed by atoms with Gasteiger partial charge in [-0.15, -0.1) is 0 Å². The van der Waals surface area contributed by atoms with Gasteiger partial charge in [0.1, 0.15) is 5.69 Å². The molecule has 102 valence electrons. The number of aromatic nitrogens is 2. The lowest BCUT2D eigenvalue weighted by Gasteiger charge is -2.18. The molecule has 1 aromatic heterocycles. The van der Waals surface area contributed by atoms with Crippen LogP contribution in [0.4, 0.5) is 13.2 Å². The first-order valence-corrected chi connectivity index (χ1v) is 6.29. The fraction of sp³-hybridized carbons (Fsp3) is 0.750. The Bertz CT molecular complexity index is 407. The molecule has 0 radical (unpaired) electrons. The van der Waals surface area contributed by atoms with Crippen LogP contribution in [-0.2, 0) is 12.7 Å². The summed E-state index contributed by atoms with van der Waals surface area (Å²) < 4.78 is 40.5. The van der Waals surface area contributed by atoms with Gasteiger partial charge in [0, 0.05) is 12.1 Å². The molecule has 0 aliphatic heterocycles. The molecule has 1 heterocycles. The Morgan fingerprint density at radius 3 is 2.67 bits per heavy atom. The van der Waals surface area contributed by atoms with Crippen molar-refractivity contribution < 1.29 is 13.2 Å². The summed E-state index contributed by atoms with van der Waals surface area (Å²) in [6, 6.07) is -0.169. The van der Waals surface area contributed by atoms with Crippen LogP contribution < -0.4 is 5.32 Å². The Labute approximate surface area is 104 Å². The van der Waals surface area contributed by atoms with Gasteiger partial charge in [0.15, 0.2) is 0 Å². The van der Waals surface area contributed by atoms with E-state index in [1.165, 1.54) is 6.20 Å². The number of alkyl halides is 3. The quantitative estimate of drug-likeness (QED) is 0.883. The maximum absolute atomic E-state index is 13.1. The van der Waals surface area contributed by atoms with Gasteiger partial charge in [-0.25, -0.2) is 0 Å². The second-order valence-electron chi connectivity index (χ2n) is 4.82. The summed E-state index contributed by atoms with van der Waals surface area (Å²) in [4.78, 5) is 0. The normalized spacial score (nSPS) is 18.1. The highest BCUT2D eigenvalue weighted by atomic mass is 19.4. The number of rotatable bonds is 5. The predicted octanol–water partition coefficient (Wildman–Crippen LogP) is 2.98. The van der Waals surface area contributed by atoms with Crippen molar-refractivity contribution in [2.45, 2.75) is 45.5 Å². The molecule has 0 amide bonds. The molecule has 1 atom stereocenters. The third-order valence-electron chi connectivity index (χ3n) is 3.40. The van der Waals surface area contributed by atoms with Crippen LogP contribution in [0.2, 0.25) is 0 Å². The number of nitrogens with one attached hydrogen (secondary N) is 1. The fourth-order valence-corrected chi connectivity index (χ4v) is 2.19. The SMILES string of the molecule is CCNCc1cnn(C(C)C2CC2)c1C(F)(F)F. The van der Waals surface area contributed by atoms with Crippen molar-refractivity contribution in [3.05, 3.63) is 17.5 Å². The molecule has 0 saturated heterocycles. The van der Waals surface area contributed by atoms with Crippen LogP contribution in [0.3, 0.4) is 0 Å². The smallest absolute Gasteiger partial charge is 0.313 e. The maximum Gasteiger partial charge on any atom is 0.433 e. The van der Waals surface area contributed by atoms with Crippen LogP contribution in [0.1, 0.15) is 44.0 Å². The minimum absolute atomic E-state index is 0.169. The van der Waals surface area contributed by atoms with Gasteiger partial charge >= 0.3 is 6.18 Å². The molecule has 1 saturated carbocycles. The number of hydrogen-bond acceptors (Lipinski definition) is 2. The molecular formula is C12H18F3N3. The van der Waals surface area contributed by atoms with Crippen LogP contribution in [0.5, 0.6) is 0 Å². The van der Waals surface area contributed by atoms with Crippen molar-refractivity contribution in [3.8, 4) is 0 Å². The molecule has 18 heavy (non-hydrogen) atoms. The first-order chi connectivity index (χ1) is 8.45. The summed E-state index contributed by atoms with van der Waals surface area (Å²) in [5, 5.41) is 6.87. The molecule has 1 aliphatic carbocycles. The van der Waals surface area contributed by atoms with Gasteiger partial charge in [-0.3, -0.25) is 4.68 Å². The standard InChI is InChI=1S/C12H18F3N3/c1-3-16-6-10-7-17-18(8(2)9-4-5-9)11(10)12(13,14)15/h7-9,16H,3-6H2,1-2H3. The predicted molar refractivity (Wildman–Crippen MR) is 62.0 cm³/mol. The summed E-state index contributed by atoms with van der Waals surface area (Å²) >= 11 is 0. The Balaban J connectivity index is 2.31. The Morgan fingerprint density at radius 2 is 2.17 bits per heavy atom. The van der Waals surface area contributed by atoms with E-state index >= 15 is 0 Å². The van der Waals surface area contributed by atoms with Gasteiger partial charge < -0.3 is 5.32 Å². The lowest BCUT2D eigenvalue weighted by molar-refractivity contribution is -0.145. The van der Waals surface area contributed by atoms with E-state index in [-0.39, 0.29) is 18.2 Å². The molecule has 1 fully saturated rings. The van der Waals surface area contributed by atoms with Gasteiger partial charge in [0.05, 0.1) is 12.2 Å². The van der Waals surface area contributed by atoms with E-state index in [9.17, 15) is 13.2 Å². The molecule has 0 aromatic carbocycles. The maximum atomic E-state index is 13.1. The van der Waals surface area contributed by atoms with Crippen LogP contribution >= 0.6 is 0 Å². The van der Waals surface area contributed by atoms with E-state index in [4.69, 9.17) is 0 Å². The molecular weight excluding hydrogens is 243 g/mol. The van der Waals surface area contributed by atoms with Gasteiger partial charge in [-0.2, -0.15) is 18.3 Å². The molecule has 0 spiro atoms. The van der Waals surface area contributed by atoms with Crippen molar-refractivity contribution in [3.63, 3.8) is 0 Å². The highest BCUT2D eigenvalue weighted by Gasteiger charge is 2.41. The van der Waals surface area contributed by atoms with Gasteiger partial charge in [0.2, 0.25) is 0 Å². The highest BCUT2D eigenvalue weighted by molar-refractivity contribution is 5.21. The Morgan fingerprint density at radius 1 is 1.50 bits per heavy atom. The number of hydrogen-bond donors (Lipinski definition) is 1. The third-order valence-corrected chi connectivity index (χ3v) is 3.40. The summed E-state index contributed by atoms with van der Waals surface area (Å²) in [7, 11) is 0. The molecule has 1 N–H and O–H groups in total. The van der Waals surface area contributed by atoms with Gasteiger partial charge in [-0.05, 0) is 32.2 Å². The molecule has 1 aliphatic rings. The zero-order chi connectivity index (χ0) is 13.3.